The molecule has 0 aromatic heterocycles. The summed E-state index contributed by atoms with van der Waals surface area (Å²) in [7, 11) is 0. The first-order valence-corrected chi connectivity index (χ1v) is 7.02. The predicted octanol–water partition coefficient (Wildman–Crippen LogP) is -1.69. The standard InChI is InChI=1S/C14H25NO.ClH/c16-14(8-3-1-4-9-14)10-7-13-15-11-5-2-6-12-15;/h7,10,16H,1-6,8-9,11-13H2;1H. The van der Waals surface area contributed by atoms with Crippen LogP contribution in [0.5, 0.6) is 0 Å². The van der Waals surface area contributed by atoms with Crippen molar-refractivity contribution in [3.05, 3.63) is 12.2 Å². The second-order valence-corrected chi connectivity index (χ2v) is 5.58. The van der Waals surface area contributed by atoms with Crippen LogP contribution in [0, 0.1) is 0 Å². The molecule has 0 spiro atoms. The number of quaternary nitrogens is 1. The number of hydrogen-bond donors (Lipinski definition) is 2. The van der Waals surface area contributed by atoms with Crippen LogP contribution in [-0.2, 0) is 0 Å². The number of rotatable bonds is 3. The van der Waals surface area contributed by atoms with E-state index < -0.39 is 5.60 Å². The number of hydrogen-bond acceptors (Lipinski definition) is 1. The smallest absolute Gasteiger partial charge is 0.0959 e. The van der Waals surface area contributed by atoms with E-state index in [1.165, 1.54) is 51.6 Å². The number of aliphatic hydroxyl groups is 1. The van der Waals surface area contributed by atoms with Crippen LogP contribution in [0.3, 0.4) is 0 Å². The Balaban J connectivity index is 0.00000144. The van der Waals surface area contributed by atoms with E-state index >= 15 is 0 Å². The van der Waals surface area contributed by atoms with Crippen molar-refractivity contribution in [3.8, 4) is 0 Å². The minimum absolute atomic E-state index is 0. The summed E-state index contributed by atoms with van der Waals surface area (Å²) in [5.74, 6) is 0. The third-order valence-corrected chi connectivity index (χ3v) is 4.11. The molecule has 2 fully saturated rings. The number of nitrogens with one attached hydrogen (secondary N) is 1. The van der Waals surface area contributed by atoms with Crippen molar-refractivity contribution in [1.82, 2.24) is 0 Å². The van der Waals surface area contributed by atoms with Gasteiger partial charge in [0.2, 0.25) is 0 Å². The van der Waals surface area contributed by atoms with Crippen molar-refractivity contribution in [2.24, 2.45) is 0 Å². The van der Waals surface area contributed by atoms with E-state index in [9.17, 15) is 5.11 Å². The highest BCUT2D eigenvalue weighted by atomic mass is 35.5. The largest absolute Gasteiger partial charge is 1.00 e. The van der Waals surface area contributed by atoms with Gasteiger partial charge in [-0.3, -0.25) is 0 Å². The number of piperidine rings is 1. The zero-order chi connectivity index (χ0) is 11.3. The van der Waals surface area contributed by atoms with Crippen LogP contribution in [0.4, 0.5) is 0 Å². The summed E-state index contributed by atoms with van der Waals surface area (Å²) < 4.78 is 0. The van der Waals surface area contributed by atoms with Gasteiger partial charge in [0.25, 0.3) is 0 Å². The fraction of sp³-hybridized carbons (Fsp3) is 0.857. The van der Waals surface area contributed by atoms with Crippen LogP contribution in [-0.4, -0.2) is 30.3 Å². The molecule has 0 radical (unpaired) electrons. The fourth-order valence-electron chi connectivity index (χ4n) is 3.03. The molecule has 0 atom stereocenters. The second kappa shape index (κ2) is 7.40. The lowest BCUT2D eigenvalue weighted by atomic mass is 9.84. The van der Waals surface area contributed by atoms with E-state index in [4.69, 9.17) is 0 Å². The topological polar surface area (TPSA) is 24.7 Å². The van der Waals surface area contributed by atoms with Crippen LogP contribution in [0.25, 0.3) is 0 Å². The molecule has 17 heavy (non-hydrogen) atoms. The van der Waals surface area contributed by atoms with Crippen LogP contribution in [0.15, 0.2) is 12.2 Å². The maximum Gasteiger partial charge on any atom is 0.0959 e. The SMILES string of the molecule is OC1(C=CC[NH+]2CCCCC2)CCCCC1.[Cl-]. The van der Waals surface area contributed by atoms with Gasteiger partial charge in [-0.1, -0.05) is 25.3 Å². The third kappa shape index (κ3) is 4.99. The number of halogens is 1. The summed E-state index contributed by atoms with van der Waals surface area (Å²) in [6, 6.07) is 0. The lowest BCUT2D eigenvalue weighted by Crippen LogP contribution is -3.12. The van der Waals surface area contributed by atoms with E-state index in [0.717, 1.165) is 19.4 Å². The Morgan fingerprint density at radius 3 is 2.18 bits per heavy atom. The first kappa shape index (κ1) is 15.0. The molecule has 2 N–H and O–H groups in total. The summed E-state index contributed by atoms with van der Waals surface area (Å²) in [6.45, 7) is 3.76. The molecule has 0 aromatic carbocycles. The third-order valence-electron chi connectivity index (χ3n) is 4.11. The molecule has 100 valence electrons. The first-order chi connectivity index (χ1) is 7.79. The van der Waals surface area contributed by atoms with Gasteiger partial charge in [0.1, 0.15) is 0 Å². The highest BCUT2D eigenvalue weighted by Crippen LogP contribution is 2.28. The summed E-state index contributed by atoms with van der Waals surface area (Å²) in [4.78, 5) is 1.70. The first-order valence-electron chi connectivity index (χ1n) is 7.02. The van der Waals surface area contributed by atoms with Crippen LogP contribution in [0.2, 0.25) is 0 Å². The lowest BCUT2D eigenvalue weighted by molar-refractivity contribution is -0.899. The highest BCUT2D eigenvalue weighted by molar-refractivity contribution is 5.02. The Morgan fingerprint density at radius 1 is 0.941 bits per heavy atom. The summed E-state index contributed by atoms with van der Waals surface area (Å²) in [6.07, 6.45) is 14.1. The molecule has 1 saturated carbocycles. The van der Waals surface area contributed by atoms with Crippen LogP contribution >= 0.6 is 0 Å². The zero-order valence-electron chi connectivity index (χ0n) is 10.8. The zero-order valence-corrected chi connectivity index (χ0v) is 11.5. The highest BCUT2D eigenvalue weighted by Gasteiger charge is 2.25. The lowest BCUT2D eigenvalue weighted by Gasteiger charge is -2.29. The van der Waals surface area contributed by atoms with E-state index in [-0.39, 0.29) is 12.4 Å². The van der Waals surface area contributed by atoms with E-state index in [1.807, 2.05) is 0 Å². The fourth-order valence-corrected chi connectivity index (χ4v) is 3.03. The molecule has 1 aliphatic heterocycles. The van der Waals surface area contributed by atoms with Gasteiger partial charge >= 0.3 is 0 Å². The maximum absolute atomic E-state index is 10.3. The Labute approximate surface area is 111 Å². The number of likely N-dealkylation sites (tertiary alicyclic amines) is 1. The molecule has 3 heteroatoms. The van der Waals surface area contributed by atoms with E-state index in [1.54, 1.807) is 4.90 Å². The summed E-state index contributed by atoms with van der Waals surface area (Å²) >= 11 is 0. The summed E-state index contributed by atoms with van der Waals surface area (Å²) in [5.41, 5.74) is -0.465. The molecular formula is C14H26ClNO. The quantitative estimate of drug-likeness (QED) is 0.581. The molecule has 2 nitrogen and oxygen atoms in total. The normalized spacial score (nSPS) is 25.7. The van der Waals surface area contributed by atoms with Gasteiger partial charge in [0.05, 0.1) is 25.2 Å². The molecule has 2 aliphatic rings. The van der Waals surface area contributed by atoms with Gasteiger partial charge < -0.3 is 22.4 Å². The van der Waals surface area contributed by atoms with Gasteiger partial charge in [0.15, 0.2) is 0 Å². The molecule has 1 saturated heterocycles. The van der Waals surface area contributed by atoms with Gasteiger partial charge in [-0.25, -0.2) is 0 Å². The Bertz CT molecular complexity index is 230. The molecule has 1 aliphatic carbocycles. The molecular weight excluding hydrogens is 234 g/mol. The Kier molecular flexibility index (Phi) is 6.53. The average molecular weight is 260 g/mol. The summed E-state index contributed by atoms with van der Waals surface area (Å²) in [5, 5.41) is 10.3. The van der Waals surface area contributed by atoms with Gasteiger partial charge in [-0.15, -0.1) is 0 Å². The van der Waals surface area contributed by atoms with Crippen molar-refractivity contribution in [2.45, 2.75) is 57.0 Å². The maximum atomic E-state index is 10.3. The molecule has 0 bridgehead atoms. The monoisotopic (exact) mass is 259 g/mol. The molecule has 0 unspecified atom stereocenters. The second-order valence-electron chi connectivity index (χ2n) is 5.58. The van der Waals surface area contributed by atoms with Gasteiger partial charge in [0, 0.05) is 0 Å². The molecule has 0 aromatic rings. The predicted molar refractivity (Wildman–Crippen MR) is 66.6 cm³/mol. The van der Waals surface area contributed by atoms with Crippen molar-refractivity contribution in [2.75, 3.05) is 19.6 Å². The Hall–Kier alpha value is -0.0500. The van der Waals surface area contributed by atoms with Crippen molar-refractivity contribution >= 4 is 0 Å². The minimum atomic E-state index is -0.465. The van der Waals surface area contributed by atoms with Crippen molar-refractivity contribution < 1.29 is 22.4 Å². The Morgan fingerprint density at radius 2 is 1.53 bits per heavy atom. The molecule has 2 rings (SSSR count). The van der Waals surface area contributed by atoms with E-state index in [0.29, 0.717) is 0 Å². The average Bonchev–Trinajstić information content (AvgIpc) is 2.31. The minimum Gasteiger partial charge on any atom is -1.00 e. The van der Waals surface area contributed by atoms with Gasteiger partial charge in [-0.2, -0.15) is 0 Å². The van der Waals surface area contributed by atoms with Crippen molar-refractivity contribution in [1.29, 1.82) is 0 Å². The van der Waals surface area contributed by atoms with Crippen LogP contribution in [0.1, 0.15) is 51.4 Å². The molecule has 1 heterocycles. The van der Waals surface area contributed by atoms with E-state index in [2.05, 4.69) is 12.2 Å². The molecule has 0 amide bonds. The van der Waals surface area contributed by atoms with Crippen molar-refractivity contribution in [3.63, 3.8) is 0 Å². The van der Waals surface area contributed by atoms with Crippen LogP contribution < -0.4 is 17.3 Å². The van der Waals surface area contributed by atoms with Gasteiger partial charge in [-0.05, 0) is 38.2 Å².